The Kier molecular flexibility index (Phi) is 2.80. The number of para-hydroxylation sites is 1. The van der Waals surface area contributed by atoms with Crippen LogP contribution in [0.2, 0.25) is 0 Å². The molecule has 1 radical (unpaired) electrons. The molecule has 2 heteroatoms. The van der Waals surface area contributed by atoms with Crippen LogP contribution in [-0.4, -0.2) is 6.61 Å². The van der Waals surface area contributed by atoms with Gasteiger partial charge in [0, 0.05) is 24.1 Å². The molecule has 0 N–H and O–H groups in total. The molecular weight excluding hydrogens is 175 g/mol. The molecule has 0 atom stereocenters. The van der Waals surface area contributed by atoms with Gasteiger partial charge in [-0.15, -0.1) is 0 Å². The number of fused-ring (bicyclic) bond motifs is 1. The number of benzene rings is 1. The van der Waals surface area contributed by atoms with Gasteiger partial charge in [0.05, 0.1) is 0 Å². The van der Waals surface area contributed by atoms with Crippen LogP contribution in [0.3, 0.4) is 0 Å². The van der Waals surface area contributed by atoms with E-state index in [9.17, 15) is 0 Å². The first-order valence-corrected chi connectivity index (χ1v) is 3.35. The zero-order valence-electron chi connectivity index (χ0n) is 6.03. The number of hydrogen-bond donors (Lipinski definition) is 0. The molecule has 0 fully saturated rings. The molecule has 1 heterocycles. The average molecular weight is 183 g/mol. The summed E-state index contributed by atoms with van der Waals surface area (Å²) in [5.41, 5.74) is 1.17. The Morgan fingerprint density at radius 1 is 1.18 bits per heavy atom. The summed E-state index contributed by atoms with van der Waals surface area (Å²) in [5, 5.41) is 0. The quantitative estimate of drug-likeness (QED) is 0.598. The zero-order chi connectivity index (χ0) is 6.81. The molecule has 1 aliphatic heterocycles. The standard InChI is InChI=1S/C9H8O.V/c1-2-6-9-8(4-1)5-3-7-10-9;/h1-6H,7H2;. The van der Waals surface area contributed by atoms with Gasteiger partial charge in [-0.25, -0.2) is 0 Å². The van der Waals surface area contributed by atoms with Crippen molar-refractivity contribution >= 4 is 6.08 Å². The molecule has 0 aromatic heterocycles. The Balaban J connectivity index is 0.000000605. The van der Waals surface area contributed by atoms with Crippen molar-refractivity contribution in [1.29, 1.82) is 0 Å². The third kappa shape index (κ3) is 1.68. The molecule has 2 rings (SSSR count). The minimum absolute atomic E-state index is 0. The molecule has 0 amide bonds. The van der Waals surface area contributed by atoms with Crippen LogP contribution in [0.4, 0.5) is 0 Å². The molecule has 1 nitrogen and oxygen atoms in total. The van der Waals surface area contributed by atoms with Crippen LogP contribution in [0, 0.1) is 0 Å². The molecule has 0 saturated heterocycles. The topological polar surface area (TPSA) is 9.23 Å². The van der Waals surface area contributed by atoms with Crippen molar-refractivity contribution in [2.45, 2.75) is 0 Å². The van der Waals surface area contributed by atoms with Crippen LogP contribution in [0.5, 0.6) is 5.75 Å². The Morgan fingerprint density at radius 2 is 2.00 bits per heavy atom. The molecule has 1 aromatic carbocycles. The number of hydrogen-bond acceptors (Lipinski definition) is 1. The minimum Gasteiger partial charge on any atom is -0.489 e. The molecule has 55 valence electrons. The van der Waals surface area contributed by atoms with Crippen LogP contribution in [-0.2, 0) is 18.6 Å². The molecular formula is C9H8OV. The third-order valence-corrected chi connectivity index (χ3v) is 1.55. The molecule has 0 saturated carbocycles. The summed E-state index contributed by atoms with van der Waals surface area (Å²) >= 11 is 0. The number of ether oxygens (including phenoxy) is 1. The fourth-order valence-corrected chi connectivity index (χ4v) is 1.06. The Hall–Kier alpha value is -0.656. The summed E-state index contributed by atoms with van der Waals surface area (Å²) in [4.78, 5) is 0. The van der Waals surface area contributed by atoms with E-state index in [1.54, 1.807) is 0 Å². The molecule has 0 aliphatic carbocycles. The van der Waals surface area contributed by atoms with Crippen LogP contribution in [0.15, 0.2) is 30.3 Å². The Bertz CT molecular complexity index is 268. The molecule has 0 unspecified atom stereocenters. The van der Waals surface area contributed by atoms with Gasteiger partial charge in [0.25, 0.3) is 0 Å². The fourth-order valence-electron chi connectivity index (χ4n) is 1.06. The molecule has 0 spiro atoms. The normalized spacial score (nSPS) is 12.7. The maximum absolute atomic E-state index is 5.34. The molecule has 1 aliphatic rings. The van der Waals surface area contributed by atoms with E-state index < -0.39 is 0 Å². The van der Waals surface area contributed by atoms with Crippen LogP contribution >= 0.6 is 0 Å². The van der Waals surface area contributed by atoms with Gasteiger partial charge in [-0.3, -0.25) is 0 Å². The predicted octanol–water partition coefficient (Wildman–Crippen LogP) is 2.09. The maximum Gasteiger partial charge on any atom is 0.126 e. The molecule has 11 heavy (non-hydrogen) atoms. The first-order valence-electron chi connectivity index (χ1n) is 3.35. The van der Waals surface area contributed by atoms with Crippen molar-refractivity contribution in [2.75, 3.05) is 6.61 Å². The van der Waals surface area contributed by atoms with Crippen molar-refractivity contribution in [3.05, 3.63) is 35.9 Å². The first-order chi connectivity index (χ1) is 4.97. The van der Waals surface area contributed by atoms with Crippen molar-refractivity contribution in [3.63, 3.8) is 0 Å². The van der Waals surface area contributed by atoms with Crippen molar-refractivity contribution in [1.82, 2.24) is 0 Å². The van der Waals surface area contributed by atoms with Crippen molar-refractivity contribution in [2.24, 2.45) is 0 Å². The van der Waals surface area contributed by atoms with Gasteiger partial charge in [0.1, 0.15) is 12.4 Å². The summed E-state index contributed by atoms with van der Waals surface area (Å²) in [6, 6.07) is 8.03. The van der Waals surface area contributed by atoms with Gasteiger partial charge >= 0.3 is 0 Å². The summed E-state index contributed by atoms with van der Waals surface area (Å²) in [5.74, 6) is 0.991. The monoisotopic (exact) mass is 183 g/mol. The van der Waals surface area contributed by atoms with Gasteiger partial charge in [0.2, 0.25) is 0 Å². The van der Waals surface area contributed by atoms with Crippen LogP contribution in [0.25, 0.3) is 6.08 Å². The summed E-state index contributed by atoms with van der Waals surface area (Å²) < 4.78 is 5.34. The van der Waals surface area contributed by atoms with Gasteiger partial charge in [-0.1, -0.05) is 24.3 Å². The summed E-state index contributed by atoms with van der Waals surface area (Å²) in [6.07, 6.45) is 4.10. The van der Waals surface area contributed by atoms with Gasteiger partial charge < -0.3 is 4.74 Å². The number of rotatable bonds is 0. The van der Waals surface area contributed by atoms with Crippen molar-refractivity contribution < 1.29 is 23.3 Å². The summed E-state index contributed by atoms with van der Waals surface area (Å²) in [6.45, 7) is 0.705. The second kappa shape index (κ2) is 3.65. The predicted molar refractivity (Wildman–Crippen MR) is 41.0 cm³/mol. The Labute approximate surface area is 78.0 Å². The van der Waals surface area contributed by atoms with Crippen LogP contribution in [0.1, 0.15) is 5.56 Å². The second-order valence-electron chi connectivity index (χ2n) is 2.25. The molecule has 1 aromatic rings. The van der Waals surface area contributed by atoms with Crippen LogP contribution < -0.4 is 4.74 Å². The Morgan fingerprint density at radius 3 is 2.82 bits per heavy atom. The van der Waals surface area contributed by atoms with E-state index in [0.717, 1.165) is 5.75 Å². The zero-order valence-corrected chi connectivity index (χ0v) is 7.42. The summed E-state index contributed by atoms with van der Waals surface area (Å²) in [7, 11) is 0. The second-order valence-corrected chi connectivity index (χ2v) is 2.25. The van der Waals surface area contributed by atoms with E-state index >= 15 is 0 Å². The van der Waals surface area contributed by atoms with Gasteiger partial charge in [-0.05, 0) is 12.1 Å². The minimum atomic E-state index is 0. The fraction of sp³-hybridized carbons (Fsp3) is 0.111. The van der Waals surface area contributed by atoms with E-state index in [4.69, 9.17) is 4.74 Å². The molecule has 0 bridgehead atoms. The van der Waals surface area contributed by atoms with E-state index in [1.165, 1.54) is 5.56 Å². The largest absolute Gasteiger partial charge is 0.489 e. The third-order valence-electron chi connectivity index (χ3n) is 1.55. The van der Waals surface area contributed by atoms with E-state index in [0.29, 0.717) is 6.61 Å². The van der Waals surface area contributed by atoms with Gasteiger partial charge in [0.15, 0.2) is 0 Å². The smallest absolute Gasteiger partial charge is 0.126 e. The van der Waals surface area contributed by atoms with Crippen molar-refractivity contribution in [3.8, 4) is 5.75 Å². The van der Waals surface area contributed by atoms with E-state index in [1.807, 2.05) is 30.3 Å². The van der Waals surface area contributed by atoms with E-state index in [-0.39, 0.29) is 18.6 Å². The SMILES string of the molecule is C1=Cc2ccccc2OC1.[V]. The average Bonchev–Trinajstić information content (AvgIpc) is 2.05. The first kappa shape index (κ1) is 8.44. The van der Waals surface area contributed by atoms with Gasteiger partial charge in [-0.2, -0.15) is 0 Å². The van der Waals surface area contributed by atoms with E-state index in [2.05, 4.69) is 6.08 Å². The maximum atomic E-state index is 5.34.